The number of sulfonamides is 1. The predicted molar refractivity (Wildman–Crippen MR) is 120 cm³/mol. The van der Waals surface area contributed by atoms with E-state index >= 15 is 0 Å². The molecule has 3 rings (SSSR count). The van der Waals surface area contributed by atoms with Crippen molar-refractivity contribution in [2.75, 3.05) is 25.5 Å². The Kier molecular flexibility index (Phi) is 7.59. The predicted octanol–water partition coefficient (Wildman–Crippen LogP) is 3.96. The Morgan fingerprint density at radius 1 is 1.10 bits per heavy atom. The van der Waals surface area contributed by atoms with Crippen LogP contribution in [0.15, 0.2) is 42.5 Å². The topological polar surface area (TPSA) is 92.8 Å². The van der Waals surface area contributed by atoms with Crippen molar-refractivity contribution < 1.29 is 22.7 Å². The Labute approximate surface area is 191 Å². The van der Waals surface area contributed by atoms with Gasteiger partial charge < -0.3 is 10.1 Å². The third-order valence-corrected chi connectivity index (χ3v) is 7.68. The third kappa shape index (κ3) is 5.77. The summed E-state index contributed by atoms with van der Waals surface area (Å²) < 4.78 is 31.6. The molecule has 0 unspecified atom stereocenters. The molecule has 31 heavy (non-hydrogen) atoms. The number of hydrogen-bond acceptors (Lipinski definition) is 5. The molecular formula is C21H22Cl2N2O5S. The molecule has 0 aliphatic carbocycles. The van der Waals surface area contributed by atoms with Gasteiger partial charge in [-0.1, -0.05) is 41.4 Å². The average molecular weight is 485 g/mol. The maximum atomic E-state index is 12.7. The molecule has 0 spiro atoms. The molecule has 1 saturated heterocycles. The zero-order valence-electron chi connectivity index (χ0n) is 16.8. The van der Waals surface area contributed by atoms with E-state index in [0.29, 0.717) is 29.1 Å². The first kappa shape index (κ1) is 23.5. The van der Waals surface area contributed by atoms with Gasteiger partial charge in [-0.05, 0) is 42.7 Å². The minimum absolute atomic E-state index is 0.155. The van der Waals surface area contributed by atoms with Gasteiger partial charge in [0.15, 0.2) is 0 Å². The molecule has 166 valence electrons. The number of methoxy groups -OCH3 is 1. The second-order valence-electron chi connectivity index (χ2n) is 7.20. The maximum absolute atomic E-state index is 12.7. The van der Waals surface area contributed by atoms with Crippen molar-refractivity contribution >= 4 is 50.8 Å². The fourth-order valence-corrected chi connectivity index (χ4v) is 5.48. The van der Waals surface area contributed by atoms with E-state index in [1.807, 2.05) is 0 Å². The summed E-state index contributed by atoms with van der Waals surface area (Å²) in [7, 11) is -2.29. The minimum atomic E-state index is -3.54. The van der Waals surface area contributed by atoms with E-state index in [0.717, 1.165) is 0 Å². The molecule has 1 aliphatic heterocycles. The molecule has 0 bridgehead atoms. The molecule has 1 aliphatic rings. The minimum Gasteiger partial charge on any atom is -0.465 e. The zero-order chi connectivity index (χ0) is 22.6. The van der Waals surface area contributed by atoms with Gasteiger partial charge in [0.25, 0.3) is 0 Å². The number of carbonyl (C=O) groups is 2. The largest absolute Gasteiger partial charge is 0.465 e. The van der Waals surface area contributed by atoms with E-state index in [1.54, 1.807) is 30.3 Å². The van der Waals surface area contributed by atoms with E-state index in [9.17, 15) is 18.0 Å². The van der Waals surface area contributed by atoms with Gasteiger partial charge in [-0.2, -0.15) is 0 Å². The lowest BCUT2D eigenvalue weighted by Crippen LogP contribution is -2.41. The van der Waals surface area contributed by atoms with Gasteiger partial charge in [-0.3, -0.25) is 4.79 Å². The molecule has 1 N–H and O–H groups in total. The Bertz CT molecular complexity index is 1080. The Balaban J connectivity index is 1.60. The molecule has 0 aromatic heterocycles. The second-order valence-corrected chi connectivity index (χ2v) is 9.98. The monoisotopic (exact) mass is 484 g/mol. The van der Waals surface area contributed by atoms with Crippen molar-refractivity contribution in [2.45, 2.75) is 18.6 Å². The molecule has 1 heterocycles. The number of ether oxygens (including phenoxy) is 1. The standard InChI is InChI=1S/C21H22Cl2N2O5S/c1-30-21(27)17-12-16(6-7-19(17)23)24-20(26)14-8-10-25(11-9-14)31(28,29)13-15-4-2-3-5-18(15)22/h2-7,12,14H,8-11,13H2,1H3,(H,24,26). The van der Waals surface area contributed by atoms with Gasteiger partial charge >= 0.3 is 5.97 Å². The van der Waals surface area contributed by atoms with Crippen LogP contribution in [0.4, 0.5) is 5.69 Å². The lowest BCUT2D eigenvalue weighted by atomic mass is 9.97. The van der Waals surface area contributed by atoms with E-state index < -0.39 is 16.0 Å². The van der Waals surface area contributed by atoms with Gasteiger partial charge in [0.05, 0.1) is 23.4 Å². The summed E-state index contributed by atoms with van der Waals surface area (Å²) in [5.74, 6) is -1.35. The van der Waals surface area contributed by atoms with Crippen LogP contribution < -0.4 is 5.32 Å². The number of nitrogens with one attached hydrogen (secondary N) is 1. The average Bonchev–Trinajstić information content (AvgIpc) is 2.76. The number of hydrogen-bond donors (Lipinski definition) is 1. The Hall–Kier alpha value is -2.13. The molecule has 2 aromatic carbocycles. The van der Waals surface area contributed by atoms with Crippen LogP contribution in [-0.2, 0) is 25.3 Å². The lowest BCUT2D eigenvalue weighted by Gasteiger charge is -2.30. The number of rotatable bonds is 6. The van der Waals surface area contributed by atoms with Gasteiger partial charge in [0.1, 0.15) is 0 Å². The summed E-state index contributed by atoms with van der Waals surface area (Å²) in [5, 5.41) is 3.40. The SMILES string of the molecule is COC(=O)c1cc(NC(=O)C2CCN(S(=O)(=O)Cc3ccccc3Cl)CC2)ccc1Cl. The quantitative estimate of drug-likeness (QED) is 0.626. The summed E-state index contributed by atoms with van der Waals surface area (Å²) in [6, 6.07) is 11.4. The highest BCUT2D eigenvalue weighted by molar-refractivity contribution is 7.88. The highest BCUT2D eigenvalue weighted by Crippen LogP contribution is 2.26. The van der Waals surface area contributed by atoms with Crippen LogP contribution in [0.25, 0.3) is 0 Å². The van der Waals surface area contributed by atoms with Crippen LogP contribution in [0.5, 0.6) is 0 Å². The van der Waals surface area contributed by atoms with Crippen molar-refractivity contribution in [1.82, 2.24) is 4.31 Å². The molecule has 7 nitrogen and oxygen atoms in total. The van der Waals surface area contributed by atoms with Gasteiger partial charge in [0.2, 0.25) is 15.9 Å². The summed E-state index contributed by atoms with van der Waals surface area (Å²) >= 11 is 12.1. The second kappa shape index (κ2) is 9.99. The number of halogens is 2. The maximum Gasteiger partial charge on any atom is 0.339 e. The number of piperidine rings is 1. The number of nitrogens with zero attached hydrogens (tertiary/aromatic N) is 1. The normalized spacial score (nSPS) is 15.5. The number of carbonyl (C=O) groups excluding carboxylic acids is 2. The highest BCUT2D eigenvalue weighted by atomic mass is 35.5. The van der Waals surface area contributed by atoms with Crippen molar-refractivity contribution in [3.63, 3.8) is 0 Å². The lowest BCUT2D eigenvalue weighted by molar-refractivity contribution is -0.120. The van der Waals surface area contributed by atoms with Crippen LogP contribution >= 0.6 is 23.2 Å². The first-order valence-electron chi connectivity index (χ1n) is 9.61. The molecule has 0 atom stereocenters. The van der Waals surface area contributed by atoms with Gasteiger partial charge in [-0.15, -0.1) is 0 Å². The molecule has 0 saturated carbocycles. The van der Waals surface area contributed by atoms with E-state index in [1.165, 1.54) is 23.5 Å². The van der Waals surface area contributed by atoms with Crippen molar-refractivity contribution in [2.24, 2.45) is 5.92 Å². The van der Waals surface area contributed by atoms with Crippen LogP contribution in [0, 0.1) is 5.92 Å². The zero-order valence-corrected chi connectivity index (χ0v) is 19.1. The van der Waals surface area contributed by atoms with Crippen molar-refractivity contribution in [3.05, 3.63) is 63.6 Å². The Morgan fingerprint density at radius 2 is 1.77 bits per heavy atom. The number of anilines is 1. The van der Waals surface area contributed by atoms with E-state index in [2.05, 4.69) is 10.1 Å². The van der Waals surface area contributed by atoms with E-state index in [4.69, 9.17) is 23.2 Å². The third-order valence-electron chi connectivity index (χ3n) is 5.15. The van der Waals surface area contributed by atoms with Gasteiger partial charge in [0, 0.05) is 29.7 Å². The van der Waals surface area contributed by atoms with Crippen molar-refractivity contribution in [1.29, 1.82) is 0 Å². The number of amides is 1. The van der Waals surface area contributed by atoms with Crippen molar-refractivity contribution in [3.8, 4) is 0 Å². The van der Waals surface area contributed by atoms with E-state index in [-0.39, 0.29) is 41.3 Å². The summed E-state index contributed by atoms with van der Waals surface area (Å²) in [4.78, 5) is 24.4. The summed E-state index contributed by atoms with van der Waals surface area (Å²) in [6.45, 7) is 0.498. The first-order chi connectivity index (χ1) is 14.7. The van der Waals surface area contributed by atoms with Crippen LogP contribution in [0.1, 0.15) is 28.8 Å². The van der Waals surface area contributed by atoms with Gasteiger partial charge in [-0.25, -0.2) is 17.5 Å². The molecular weight excluding hydrogens is 463 g/mol. The fraction of sp³-hybridized carbons (Fsp3) is 0.333. The molecule has 1 fully saturated rings. The molecule has 1 amide bonds. The van der Waals surface area contributed by atoms with Crippen LogP contribution in [0.2, 0.25) is 10.0 Å². The first-order valence-corrected chi connectivity index (χ1v) is 12.0. The molecule has 0 radical (unpaired) electrons. The van der Waals surface area contributed by atoms with Crippen LogP contribution in [0.3, 0.4) is 0 Å². The fourth-order valence-electron chi connectivity index (χ4n) is 3.41. The molecule has 2 aromatic rings. The number of esters is 1. The smallest absolute Gasteiger partial charge is 0.339 e. The highest BCUT2D eigenvalue weighted by Gasteiger charge is 2.31. The Morgan fingerprint density at radius 3 is 2.42 bits per heavy atom. The molecule has 10 heteroatoms. The van der Waals surface area contributed by atoms with Crippen LogP contribution in [-0.4, -0.2) is 44.8 Å². The summed E-state index contributed by atoms with van der Waals surface area (Å²) in [6.07, 6.45) is 0.788. The number of benzene rings is 2. The summed E-state index contributed by atoms with van der Waals surface area (Å²) in [5.41, 5.74) is 1.12.